The number of benzene rings is 2. The summed E-state index contributed by atoms with van der Waals surface area (Å²) in [5.41, 5.74) is 8.66. The van der Waals surface area contributed by atoms with Crippen LogP contribution in [0.25, 0.3) is 0 Å². The first-order chi connectivity index (χ1) is 9.16. The molecule has 2 aromatic carbocycles. The van der Waals surface area contributed by atoms with Crippen LogP contribution in [0, 0.1) is 12.7 Å². The van der Waals surface area contributed by atoms with Crippen LogP contribution in [0.15, 0.2) is 53.4 Å². The average molecular weight is 275 g/mol. The fraction of sp³-hybridized carbons (Fsp3) is 0.250. The van der Waals surface area contributed by atoms with E-state index in [1.54, 1.807) is 12.1 Å². The topological polar surface area (TPSA) is 26.0 Å². The van der Waals surface area contributed by atoms with E-state index in [1.165, 1.54) is 29.0 Å². The third-order valence-corrected chi connectivity index (χ3v) is 4.27. The Morgan fingerprint density at radius 3 is 2.53 bits per heavy atom. The van der Waals surface area contributed by atoms with Crippen LogP contribution in [-0.4, -0.2) is 11.8 Å². The Morgan fingerprint density at radius 1 is 1.11 bits per heavy atom. The number of hydrogen-bond donors (Lipinski definition) is 1. The molecular weight excluding hydrogens is 257 g/mol. The van der Waals surface area contributed by atoms with E-state index in [4.69, 9.17) is 5.73 Å². The zero-order valence-electron chi connectivity index (χ0n) is 11.0. The molecule has 0 saturated heterocycles. The Hall–Kier alpha value is -1.32. The van der Waals surface area contributed by atoms with Crippen molar-refractivity contribution in [1.29, 1.82) is 0 Å². The molecule has 2 rings (SSSR count). The van der Waals surface area contributed by atoms with E-state index in [0.29, 0.717) is 4.90 Å². The van der Waals surface area contributed by atoms with Gasteiger partial charge < -0.3 is 5.73 Å². The van der Waals surface area contributed by atoms with Crippen LogP contribution in [-0.2, 0) is 6.42 Å². The van der Waals surface area contributed by atoms with Crippen LogP contribution in [0.2, 0.25) is 0 Å². The van der Waals surface area contributed by atoms with Crippen LogP contribution < -0.4 is 5.73 Å². The van der Waals surface area contributed by atoms with Gasteiger partial charge in [-0.15, -0.1) is 11.8 Å². The predicted molar refractivity (Wildman–Crippen MR) is 80.0 cm³/mol. The molecule has 0 aromatic heterocycles. The van der Waals surface area contributed by atoms with Gasteiger partial charge in [0.05, 0.1) is 0 Å². The van der Waals surface area contributed by atoms with E-state index >= 15 is 0 Å². The van der Waals surface area contributed by atoms with Crippen LogP contribution >= 0.6 is 11.8 Å². The van der Waals surface area contributed by atoms with E-state index in [-0.39, 0.29) is 11.9 Å². The average Bonchev–Trinajstić information content (AvgIpc) is 2.40. The molecule has 0 aliphatic carbocycles. The van der Waals surface area contributed by atoms with Gasteiger partial charge >= 0.3 is 0 Å². The molecule has 0 fully saturated rings. The van der Waals surface area contributed by atoms with Crippen molar-refractivity contribution in [3.63, 3.8) is 0 Å². The van der Waals surface area contributed by atoms with Gasteiger partial charge in [0.1, 0.15) is 5.82 Å². The van der Waals surface area contributed by atoms with Gasteiger partial charge in [-0.2, -0.15) is 0 Å². The van der Waals surface area contributed by atoms with Crippen LogP contribution in [0.5, 0.6) is 0 Å². The van der Waals surface area contributed by atoms with Crippen molar-refractivity contribution in [2.45, 2.75) is 24.3 Å². The minimum absolute atomic E-state index is 0.0331. The van der Waals surface area contributed by atoms with Crippen LogP contribution in [0.4, 0.5) is 4.39 Å². The van der Waals surface area contributed by atoms with Crippen molar-refractivity contribution < 1.29 is 4.39 Å². The van der Waals surface area contributed by atoms with Crippen LogP contribution in [0.1, 0.15) is 11.1 Å². The van der Waals surface area contributed by atoms with E-state index < -0.39 is 0 Å². The summed E-state index contributed by atoms with van der Waals surface area (Å²) >= 11 is 1.48. The van der Waals surface area contributed by atoms with Crippen molar-refractivity contribution in [1.82, 2.24) is 0 Å². The van der Waals surface area contributed by atoms with Crippen molar-refractivity contribution in [2.75, 3.05) is 5.75 Å². The van der Waals surface area contributed by atoms with Gasteiger partial charge in [0.2, 0.25) is 0 Å². The molecule has 0 spiro atoms. The second-order valence-electron chi connectivity index (χ2n) is 4.63. The van der Waals surface area contributed by atoms with E-state index in [1.807, 2.05) is 18.2 Å². The summed E-state index contributed by atoms with van der Waals surface area (Å²) in [6, 6.07) is 15.1. The summed E-state index contributed by atoms with van der Waals surface area (Å²) in [5.74, 6) is 0.547. The summed E-state index contributed by atoms with van der Waals surface area (Å²) in [4.78, 5) is 0.669. The van der Waals surface area contributed by atoms with Crippen molar-refractivity contribution in [3.8, 4) is 0 Å². The number of hydrogen-bond acceptors (Lipinski definition) is 2. The van der Waals surface area contributed by atoms with Gasteiger partial charge in [-0.3, -0.25) is 0 Å². The van der Waals surface area contributed by atoms with Gasteiger partial charge in [0.15, 0.2) is 0 Å². The van der Waals surface area contributed by atoms with Crippen molar-refractivity contribution in [2.24, 2.45) is 5.73 Å². The molecule has 19 heavy (non-hydrogen) atoms. The molecule has 0 radical (unpaired) electrons. The smallest absolute Gasteiger partial charge is 0.136 e. The molecular formula is C16H18FNS. The minimum atomic E-state index is -0.171. The summed E-state index contributed by atoms with van der Waals surface area (Å²) in [6.45, 7) is 2.09. The van der Waals surface area contributed by atoms with E-state index in [0.717, 1.165) is 12.2 Å². The number of aryl methyl sites for hydroxylation is 1. The molecule has 2 aromatic rings. The maximum absolute atomic E-state index is 13.5. The second kappa shape index (κ2) is 6.73. The lowest BCUT2D eigenvalue weighted by Crippen LogP contribution is -2.25. The third kappa shape index (κ3) is 4.08. The van der Waals surface area contributed by atoms with Crippen LogP contribution in [0.3, 0.4) is 0 Å². The quantitative estimate of drug-likeness (QED) is 0.840. The SMILES string of the molecule is Cc1ccccc1CC(N)CSc1ccccc1F. The van der Waals surface area contributed by atoms with Crippen molar-refractivity contribution in [3.05, 3.63) is 65.5 Å². The molecule has 2 N–H and O–H groups in total. The third-order valence-electron chi connectivity index (χ3n) is 3.03. The first kappa shape index (κ1) is 14.1. The van der Waals surface area contributed by atoms with Gasteiger partial charge in [-0.05, 0) is 36.6 Å². The largest absolute Gasteiger partial charge is 0.327 e. The standard InChI is InChI=1S/C16H18FNS/c1-12-6-2-3-7-13(12)10-14(18)11-19-16-9-5-4-8-15(16)17/h2-9,14H,10-11,18H2,1H3. The summed E-state index contributed by atoms with van der Waals surface area (Å²) in [7, 11) is 0. The molecule has 0 bridgehead atoms. The maximum atomic E-state index is 13.5. The van der Waals surface area contributed by atoms with Gasteiger partial charge in [0, 0.05) is 16.7 Å². The Labute approximate surface area is 118 Å². The normalized spacial score (nSPS) is 12.4. The molecule has 0 aliphatic heterocycles. The predicted octanol–water partition coefficient (Wildman–Crippen LogP) is 3.80. The first-order valence-electron chi connectivity index (χ1n) is 6.34. The Kier molecular flexibility index (Phi) is 5.00. The van der Waals surface area contributed by atoms with Gasteiger partial charge in [-0.1, -0.05) is 36.4 Å². The maximum Gasteiger partial charge on any atom is 0.136 e. The summed E-state index contributed by atoms with van der Waals surface area (Å²) < 4.78 is 13.5. The highest BCUT2D eigenvalue weighted by molar-refractivity contribution is 7.99. The number of thioether (sulfide) groups is 1. The second-order valence-corrected chi connectivity index (χ2v) is 5.69. The molecule has 100 valence electrons. The highest BCUT2D eigenvalue weighted by Crippen LogP contribution is 2.22. The summed E-state index contributed by atoms with van der Waals surface area (Å²) in [5, 5.41) is 0. The summed E-state index contributed by atoms with van der Waals surface area (Å²) in [6.07, 6.45) is 0.828. The number of nitrogens with two attached hydrogens (primary N) is 1. The van der Waals surface area contributed by atoms with Gasteiger partial charge in [-0.25, -0.2) is 4.39 Å². The number of halogens is 1. The molecule has 0 heterocycles. The highest BCUT2D eigenvalue weighted by Gasteiger charge is 2.08. The lowest BCUT2D eigenvalue weighted by Gasteiger charge is -2.13. The fourth-order valence-corrected chi connectivity index (χ4v) is 2.83. The molecule has 1 nitrogen and oxygen atoms in total. The zero-order valence-corrected chi connectivity index (χ0v) is 11.8. The molecule has 3 heteroatoms. The first-order valence-corrected chi connectivity index (χ1v) is 7.33. The monoisotopic (exact) mass is 275 g/mol. The van der Waals surface area contributed by atoms with E-state index in [2.05, 4.69) is 19.1 Å². The van der Waals surface area contributed by atoms with Gasteiger partial charge in [0.25, 0.3) is 0 Å². The lowest BCUT2D eigenvalue weighted by atomic mass is 10.0. The Balaban J connectivity index is 1.90. The zero-order chi connectivity index (χ0) is 13.7. The minimum Gasteiger partial charge on any atom is -0.327 e. The molecule has 1 atom stereocenters. The van der Waals surface area contributed by atoms with E-state index in [9.17, 15) is 4.39 Å². The Bertz CT molecular complexity index is 542. The fourth-order valence-electron chi connectivity index (χ4n) is 1.94. The molecule has 0 saturated carbocycles. The molecule has 0 amide bonds. The molecule has 0 aliphatic rings. The molecule has 1 unspecified atom stereocenters. The number of rotatable bonds is 5. The van der Waals surface area contributed by atoms with Crippen molar-refractivity contribution >= 4 is 11.8 Å². The Morgan fingerprint density at radius 2 is 1.79 bits per heavy atom. The highest BCUT2D eigenvalue weighted by atomic mass is 32.2. The lowest BCUT2D eigenvalue weighted by molar-refractivity contribution is 0.601.